The molecular formula is C19H32IN3OS. The fourth-order valence-electron chi connectivity index (χ4n) is 2.98. The molecule has 0 amide bonds. The second-order valence-electron chi connectivity index (χ2n) is 6.28. The standard InChI is InChI=1S/C19H31N3OS.HI/c1-20-19(21-11-6-7-13-24-2)22-12-10-18(14-22)16-23-15-17-8-4-3-5-9-17;/h3-5,8-9,18H,6-7,10-16H2,1-2H3,(H,20,21);1H. The van der Waals surface area contributed by atoms with Crippen LogP contribution >= 0.6 is 35.7 Å². The molecule has 0 spiro atoms. The summed E-state index contributed by atoms with van der Waals surface area (Å²) in [6, 6.07) is 10.4. The van der Waals surface area contributed by atoms with Crippen molar-refractivity contribution in [3.8, 4) is 0 Å². The smallest absolute Gasteiger partial charge is 0.193 e. The maximum atomic E-state index is 5.90. The van der Waals surface area contributed by atoms with Crippen LogP contribution in [0.5, 0.6) is 0 Å². The van der Waals surface area contributed by atoms with Gasteiger partial charge in [0.1, 0.15) is 0 Å². The molecule has 1 aliphatic rings. The topological polar surface area (TPSA) is 36.9 Å². The second kappa shape index (κ2) is 13.7. The first-order valence-corrected chi connectivity index (χ1v) is 10.3. The lowest BCUT2D eigenvalue weighted by Gasteiger charge is -2.21. The molecular weight excluding hydrogens is 445 g/mol. The van der Waals surface area contributed by atoms with Gasteiger partial charge < -0.3 is 15.0 Å². The third-order valence-electron chi connectivity index (χ3n) is 4.32. The summed E-state index contributed by atoms with van der Waals surface area (Å²) in [6.45, 7) is 4.66. The molecule has 6 heteroatoms. The summed E-state index contributed by atoms with van der Waals surface area (Å²) in [5.74, 6) is 2.89. The van der Waals surface area contributed by atoms with Crippen LogP contribution in [-0.4, -0.2) is 56.2 Å². The molecule has 0 saturated carbocycles. The van der Waals surface area contributed by atoms with E-state index < -0.39 is 0 Å². The molecule has 0 aliphatic carbocycles. The van der Waals surface area contributed by atoms with Gasteiger partial charge in [0.15, 0.2) is 5.96 Å². The maximum Gasteiger partial charge on any atom is 0.193 e. The number of rotatable bonds is 9. The number of unbranched alkanes of at least 4 members (excludes halogenated alkanes) is 1. The van der Waals surface area contributed by atoms with Crippen LogP contribution in [0.4, 0.5) is 0 Å². The molecule has 0 aromatic heterocycles. The van der Waals surface area contributed by atoms with E-state index >= 15 is 0 Å². The number of hydrogen-bond donors (Lipinski definition) is 1. The Labute approximate surface area is 174 Å². The minimum atomic E-state index is 0. The number of thioether (sulfide) groups is 1. The summed E-state index contributed by atoms with van der Waals surface area (Å²) in [5, 5.41) is 3.50. The predicted octanol–water partition coefficient (Wildman–Crippen LogP) is 3.86. The van der Waals surface area contributed by atoms with Gasteiger partial charge in [-0.3, -0.25) is 4.99 Å². The van der Waals surface area contributed by atoms with Crippen molar-refractivity contribution in [2.24, 2.45) is 10.9 Å². The SMILES string of the molecule is CN=C(NCCCCSC)N1CCC(COCc2ccccc2)C1.I. The molecule has 25 heavy (non-hydrogen) atoms. The van der Waals surface area contributed by atoms with E-state index in [0.29, 0.717) is 12.5 Å². The molecule has 4 nitrogen and oxygen atoms in total. The average Bonchev–Trinajstić information content (AvgIpc) is 3.08. The third kappa shape index (κ3) is 8.64. The van der Waals surface area contributed by atoms with Crippen LogP contribution in [0.3, 0.4) is 0 Å². The number of nitrogens with zero attached hydrogens (tertiary/aromatic N) is 2. The number of benzene rings is 1. The van der Waals surface area contributed by atoms with Crippen molar-refractivity contribution in [1.29, 1.82) is 0 Å². The lowest BCUT2D eigenvalue weighted by atomic mass is 10.1. The summed E-state index contributed by atoms with van der Waals surface area (Å²) in [7, 11) is 1.88. The fraction of sp³-hybridized carbons (Fsp3) is 0.632. The van der Waals surface area contributed by atoms with Gasteiger partial charge in [-0.15, -0.1) is 24.0 Å². The number of nitrogens with one attached hydrogen (secondary N) is 1. The Hall–Kier alpha value is -0.470. The van der Waals surface area contributed by atoms with Gasteiger partial charge >= 0.3 is 0 Å². The van der Waals surface area contributed by atoms with E-state index in [2.05, 4.69) is 45.7 Å². The van der Waals surface area contributed by atoms with Crippen molar-refractivity contribution >= 4 is 41.7 Å². The Morgan fingerprint density at radius 2 is 2.12 bits per heavy atom. The zero-order valence-electron chi connectivity index (χ0n) is 15.4. The first-order chi connectivity index (χ1) is 11.8. The van der Waals surface area contributed by atoms with Crippen molar-refractivity contribution < 1.29 is 4.74 Å². The van der Waals surface area contributed by atoms with Crippen LogP contribution in [0, 0.1) is 5.92 Å². The number of aliphatic imine (C=N–C) groups is 1. The lowest BCUT2D eigenvalue weighted by Crippen LogP contribution is -2.40. The molecule has 0 bridgehead atoms. The first-order valence-electron chi connectivity index (χ1n) is 8.89. The van der Waals surface area contributed by atoms with Gasteiger partial charge in [0, 0.05) is 32.6 Å². The Kier molecular flexibility index (Phi) is 12.4. The lowest BCUT2D eigenvalue weighted by molar-refractivity contribution is 0.0907. The predicted molar refractivity (Wildman–Crippen MR) is 120 cm³/mol. The summed E-state index contributed by atoms with van der Waals surface area (Å²) in [6.07, 6.45) is 5.82. The van der Waals surface area contributed by atoms with Crippen LogP contribution in [0.1, 0.15) is 24.8 Å². The minimum absolute atomic E-state index is 0. The number of likely N-dealkylation sites (tertiary alicyclic amines) is 1. The molecule has 1 heterocycles. The zero-order chi connectivity index (χ0) is 17.0. The van der Waals surface area contributed by atoms with E-state index in [4.69, 9.17) is 4.74 Å². The number of hydrogen-bond acceptors (Lipinski definition) is 3. The Morgan fingerprint density at radius 3 is 2.84 bits per heavy atom. The molecule has 142 valence electrons. The van der Waals surface area contributed by atoms with Crippen LogP contribution in [-0.2, 0) is 11.3 Å². The van der Waals surface area contributed by atoms with Crippen LogP contribution in [0.15, 0.2) is 35.3 Å². The minimum Gasteiger partial charge on any atom is -0.376 e. The molecule has 1 unspecified atom stereocenters. The van der Waals surface area contributed by atoms with Crippen molar-refractivity contribution in [3.05, 3.63) is 35.9 Å². The van der Waals surface area contributed by atoms with E-state index in [1.54, 1.807) is 0 Å². The second-order valence-corrected chi connectivity index (χ2v) is 7.26. The first kappa shape index (κ1) is 22.6. The summed E-state index contributed by atoms with van der Waals surface area (Å²) in [5.41, 5.74) is 1.25. The monoisotopic (exact) mass is 477 g/mol. The maximum absolute atomic E-state index is 5.90. The number of halogens is 1. The molecule has 1 atom stereocenters. The molecule has 1 N–H and O–H groups in total. The van der Waals surface area contributed by atoms with Gasteiger partial charge in [-0.2, -0.15) is 11.8 Å². The molecule has 1 saturated heterocycles. The average molecular weight is 477 g/mol. The highest BCUT2D eigenvalue weighted by molar-refractivity contribution is 14.0. The molecule has 0 radical (unpaired) electrons. The van der Waals surface area contributed by atoms with Crippen molar-refractivity contribution in [3.63, 3.8) is 0 Å². The van der Waals surface area contributed by atoms with Gasteiger partial charge in [0.2, 0.25) is 0 Å². The number of ether oxygens (including phenoxy) is 1. The van der Waals surface area contributed by atoms with E-state index in [9.17, 15) is 0 Å². The zero-order valence-corrected chi connectivity index (χ0v) is 18.6. The largest absolute Gasteiger partial charge is 0.376 e. The van der Waals surface area contributed by atoms with Crippen molar-refractivity contribution in [1.82, 2.24) is 10.2 Å². The Morgan fingerprint density at radius 1 is 1.32 bits per heavy atom. The van der Waals surface area contributed by atoms with Crippen LogP contribution in [0.2, 0.25) is 0 Å². The molecule has 2 rings (SSSR count). The van der Waals surface area contributed by atoms with Gasteiger partial charge in [0.05, 0.1) is 13.2 Å². The molecule has 1 aromatic rings. The summed E-state index contributed by atoms with van der Waals surface area (Å²) in [4.78, 5) is 6.80. The van der Waals surface area contributed by atoms with Gasteiger partial charge in [-0.25, -0.2) is 0 Å². The molecule has 1 fully saturated rings. The van der Waals surface area contributed by atoms with Gasteiger partial charge in [-0.1, -0.05) is 30.3 Å². The highest BCUT2D eigenvalue weighted by Gasteiger charge is 2.24. The van der Waals surface area contributed by atoms with Gasteiger partial charge in [-0.05, 0) is 36.8 Å². The third-order valence-corrected chi connectivity index (χ3v) is 5.02. The highest BCUT2D eigenvalue weighted by atomic mass is 127. The highest BCUT2D eigenvalue weighted by Crippen LogP contribution is 2.17. The van der Waals surface area contributed by atoms with E-state index in [0.717, 1.165) is 32.2 Å². The van der Waals surface area contributed by atoms with E-state index in [-0.39, 0.29) is 24.0 Å². The summed E-state index contributed by atoms with van der Waals surface area (Å²) < 4.78 is 5.90. The van der Waals surface area contributed by atoms with Crippen LogP contribution < -0.4 is 5.32 Å². The van der Waals surface area contributed by atoms with Crippen LogP contribution in [0.25, 0.3) is 0 Å². The fourth-order valence-corrected chi connectivity index (χ4v) is 3.48. The quantitative estimate of drug-likeness (QED) is 0.254. The van der Waals surface area contributed by atoms with Crippen molar-refractivity contribution in [2.75, 3.05) is 45.3 Å². The molecule has 1 aliphatic heterocycles. The normalized spacial score (nSPS) is 17.4. The van der Waals surface area contributed by atoms with E-state index in [1.807, 2.05) is 24.9 Å². The summed E-state index contributed by atoms with van der Waals surface area (Å²) >= 11 is 1.92. The molecule has 1 aromatic carbocycles. The number of guanidine groups is 1. The van der Waals surface area contributed by atoms with Crippen molar-refractivity contribution in [2.45, 2.75) is 25.9 Å². The van der Waals surface area contributed by atoms with E-state index in [1.165, 1.54) is 30.6 Å². The van der Waals surface area contributed by atoms with Gasteiger partial charge in [0.25, 0.3) is 0 Å². The Bertz CT molecular complexity index is 487. The Balaban J connectivity index is 0.00000312.